The molecule has 3 heteroatoms. The summed E-state index contributed by atoms with van der Waals surface area (Å²) in [7, 11) is 0. The lowest BCUT2D eigenvalue weighted by Gasteiger charge is -2.12. The SMILES string of the molecule is Cc1c(Cl)ccc2c(CO)c3c(nc12)CCC3. The molecule has 0 saturated heterocycles. The van der Waals surface area contributed by atoms with Crippen LogP contribution in [0.4, 0.5) is 0 Å². The third kappa shape index (κ3) is 1.55. The van der Waals surface area contributed by atoms with Crippen molar-refractivity contribution in [3.05, 3.63) is 39.5 Å². The van der Waals surface area contributed by atoms with E-state index < -0.39 is 0 Å². The van der Waals surface area contributed by atoms with Crippen LogP contribution in [0.1, 0.15) is 28.8 Å². The predicted molar refractivity (Wildman–Crippen MR) is 69.4 cm³/mol. The van der Waals surface area contributed by atoms with Crippen LogP contribution in [0.15, 0.2) is 12.1 Å². The maximum Gasteiger partial charge on any atom is 0.0753 e. The highest BCUT2D eigenvalue weighted by atomic mass is 35.5. The summed E-state index contributed by atoms with van der Waals surface area (Å²) in [5, 5.41) is 11.4. The number of hydrogen-bond acceptors (Lipinski definition) is 2. The van der Waals surface area contributed by atoms with Crippen molar-refractivity contribution in [1.82, 2.24) is 4.98 Å². The Morgan fingerprint density at radius 2 is 2.18 bits per heavy atom. The highest BCUT2D eigenvalue weighted by molar-refractivity contribution is 6.32. The van der Waals surface area contributed by atoms with Gasteiger partial charge < -0.3 is 5.11 Å². The number of rotatable bonds is 1. The Balaban J connectivity index is 2.44. The maximum absolute atomic E-state index is 9.60. The zero-order valence-corrected chi connectivity index (χ0v) is 10.5. The van der Waals surface area contributed by atoms with Gasteiger partial charge in [-0.05, 0) is 48.9 Å². The Hall–Kier alpha value is -1.12. The molecule has 0 radical (unpaired) electrons. The van der Waals surface area contributed by atoms with Gasteiger partial charge in [0.15, 0.2) is 0 Å². The van der Waals surface area contributed by atoms with Crippen LogP contribution >= 0.6 is 11.6 Å². The molecule has 0 atom stereocenters. The molecule has 1 aromatic carbocycles. The molecule has 2 nitrogen and oxygen atoms in total. The van der Waals surface area contributed by atoms with Gasteiger partial charge in [-0.2, -0.15) is 0 Å². The molecule has 0 spiro atoms. The van der Waals surface area contributed by atoms with E-state index in [0.29, 0.717) is 0 Å². The van der Waals surface area contributed by atoms with Crippen molar-refractivity contribution < 1.29 is 5.11 Å². The van der Waals surface area contributed by atoms with Crippen molar-refractivity contribution in [3.8, 4) is 0 Å². The number of aromatic nitrogens is 1. The van der Waals surface area contributed by atoms with E-state index in [9.17, 15) is 5.11 Å². The van der Waals surface area contributed by atoms with Gasteiger partial charge in [0, 0.05) is 16.1 Å². The van der Waals surface area contributed by atoms with Gasteiger partial charge >= 0.3 is 0 Å². The summed E-state index contributed by atoms with van der Waals surface area (Å²) < 4.78 is 0. The molecule has 0 bridgehead atoms. The summed E-state index contributed by atoms with van der Waals surface area (Å²) in [6.45, 7) is 2.07. The van der Waals surface area contributed by atoms with Gasteiger partial charge in [0.2, 0.25) is 0 Å². The summed E-state index contributed by atoms with van der Waals surface area (Å²) in [6, 6.07) is 3.86. The minimum absolute atomic E-state index is 0.0857. The highest BCUT2D eigenvalue weighted by Crippen LogP contribution is 2.33. The largest absolute Gasteiger partial charge is 0.392 e. The van der Waals surface area contributed by atoms with Crippen molar-refractivity contribution in [2.24, 2.45) is 0 Å². The number of hydrogen-bond donors (Lipinski definition) is 1. The van der Waals surface area contributed by atoms with Gasteiger partial charge in [-0.15, -0.1) is 0 Å². The number of aryl methyl sites for hydroxylation is 2. The van der Waals surface area contributed by atoms with Crippen LogP contribution in [0.5, 0.6) is 0 Å². The smallest absolute Gasteiger partial charge is 0.0753 e. The first-order chi connectivity index (χ1) is 8.22. The van der Waals surface area contributed by atoms with Crippen LogP contribution in [0, 0.1) is 6.92 Å². The normalized spacial score (nSPS) is 14.3. The second kappa shape index (κ2) is 3.97. The fourth-order valence-electron chi connectivity index (χ4n) is 2.72. The van der Waals surface area contributed by atoms with E-state index in [0.717, 1.165) is 52.0 Å². The van der Waals surface area contributed by atoms with Crippen LogP contribution in [0.3, 0.4) is 0 Å². The third-order valence-electron chi connectivity index (χ3n) is 3.65. The lowest BCUT2D eigenvalue weighted by Crippen LogP contribution is -2.00. The summed E-state index contributed by atoms with van der Waals surface area (Å²) in [5.74, 6) is 0. The zero-order valence-electron chi connectivity index (χ0n) is 9.76. The average molecular weight is 248 g/mol. The number of fused-ring (bicyclic) bond motifs is 2. The van der Waals surface area contributed by atoms with Crippen molar-refractivity contribution in [1.29, 1.82) is 0 Å². The minimum atomic E-state index is 0.0857. The lowest BCUT2D eigenvalue weighted by atomic mass is 10.00. The number of halogens is 1. The Labute approximate surface area is 105 Å². The minimum Gasteiger partial charge on any atom is -0.392 e. The number of aliphatic hydroxyl groups is 1. The Bertz CT molecular complexity index is 607. The Morgan fingerprint density at radius 3 is 2.94 bits per heavy atom. The van der Waals surface area contributed by atoms with Gasteiger partial charge in [-0.25, -0.2) is 0 Å². The fourth-order valence-corrected chi connectivity index (χ4v) is 2.87. The van der Waals surface area contributed by atoms with Crippen molar-refractivity contribution >= 4 is 22.5 Å². The maximum atomic E-state index is 9.60. The lowest BCUT2D eigenvalue weighted by molar-refractivity contribution is 0.282. The van der Waals surface area contributed by atoms with E-state index in [1.54, 1.807) is 0 Å². The van der Waals surface area contributed by atoms with E-state index in [2.05, 4.69) is 0 Å². The molecular formula is C14H14ClNO. The fraction of sp³-hybridized carbons (Fsp3) is 0.357. The highest BCUT2D eigenvalue weighted by Gasteiger charge is 2.20. The molecule has 1 aliphatic carbocycles. The van der Waals surface area contributed by atoms with Crippen LogP contribution in [0.2, 0.25) is 5.02 Å². The molecular weight excluding hydrogens is 234 g/mol. The third-order valence-corrected chi connectivity index (χ3v) is 4.06. The first-order valence-electron chi connectivity index (χ1n) is 5.92. The average Bonchev–Trinajstić information content (AvgIpc) is 2.79. The summed E-state index contributed by atoms with van der Waals surface area (Å²) >= 11 is 6.13. The van der Waals surface area contributed by atoms with Crippen LogP contribution in [0.25, 0.3) is 10.9 Å². The van der Waals surface area contributed by atoms with Crippen molar-refractivity contribution in [3.63, 3.8) is 0 Å². The second-order valence-electron chi connectivity index (χ2n) is 4.60. The molecule has 0 amide bonds. The van der Waals surface area contributed by atoms with Crippen LogP contribution < -0.4 is 0 Å². The summed E-state index contributed by atoms with van der Waals surface area (Å²) in [5.41, 5.74) is 5.40. The van der Waals surface area contributed by atoms with E-state index in [4.69, 9.17) is 16.6 Å². The van der Waals surface area contributed by atoms with E-state index in [-0.39, 0.29) is 6.61 Å². The number of aliphatic hydroxyl groups excluding tert-OH is 1. The Kier molecular flexibility index (Phi) is 2.57. The predicted octanol–water partition coefficient (Wildman–Crippen LogP) is 3.18. The standard InChI is InChI=1S/C14H14ClNO/c1-8-12(15)6-5-10-11(7-17)9-3-2-4-13(9)16-14(8)10/h5-6,17H,2-4,7H2,1H3. The van der Waals surface area contributed by atoms with Crippen LogP contribution in [-0.2, 0) is 19.4 Å². The van der Waals surface area contributed by atoms with Crippen molar-refractivity contribution in [2.45, 2.75) is 32.8 Å². The monoisotopic (exact) mass is 247 g/mol. The first-order valence-corrected chi connectivity index (χ1v) is 6.30. The molecule has 1 heterocycles. The summed E-state index contributed by atoms with van der Waals surface area (Å²) in [4.78, 5) is 4.73. The van der Waals surface area contributed by atoms with Gasteiger partial charge in [0.25, 0.3) is 0 Å². The molecule has 88 valence electrons. The molecule has 1 aromatic heterocycles. The number of pyridine rings is 1. The molecule has 0 aliphatic heterocycles. The van der Waals surface area contributed by atoms with Gasteiger partial charge in [0.05, 0.1) is 12.1 Å². The molecule has 0 unspecified atom stereocenters. The van der Waals surface area contributed by atoms with Crippen molar-refractivity contribution in [2.75, 3.05) is 0 Å². The molecule has 2 aromatic rings. The second-order valence-corrected chi connectivity index (χ2v) is 5.00. The van der Waals surface area contributed by atoms with E-state index in [1.807, 2.05) is 19.1 Å². The molecule has 3 rings (SSSR count). The summed E-state index contributed by atoms with van der Waals surface area (Å²) in [6.07, 6.45) is 3.19. The number of benzene rings is 1. The molecule has 17 heavy (non-hydrogen) atoms. The Morgan fingerprint density at radius 1 is 1.35 bits per heavy atom. The van der Waals surface area contributed by atoms with Crippen LogP contribution in [-0.4, -0.2) is 10.1 Å². The molecule has 0 fully saturated rings. The van der Waals surface area contributed by atoms with Gasteiger partial charge in [-0.3, -0.25) is 4.98 Å². The molecule has 1 aliphatic rings. The quantitative estimate of drug-likeness (QED) is 0.840. The van der Waals surface area contributed by atoms with Gasteiger partial charge in [0.1, 0.15) is 0 Å². The number of nitrogens with zero attached hydrogens (tertiary/aromatic N) is 1. The zero-order chi connectivity index (χ0) is 12.0. The van der Waals surface area contributed by atoms with E-state index >= 15 is 0 Å². The van der Waals surface area contributed by atoms with Gasteiger partial charge in [-0.1, -0.05) is 17.7 Å². The van der Waals surface area contributed by atoms with E-state index in [1.165, 1.54) is 5.56 Å². The molecule has 1 N–H and O–H groups in total. The first kappa shape index (κ1) is 11.0. The topological polar surface area (TPSA) is 33.1 Å². The molecule has 0 saturated carbocycles.